The van der Waals surface area contributed by atoms with Crippen LogP contribution >= 0.6 is 11.3 Å². The van der Waals surface area contributed by atoms with Crippen molar-refractivity contribution in [2.75, 3.05) is 6.54 Å². The Morgan fingerprint density at radius 3 is 2.64 bits per heavy atom. The number of nitrogens with zero attached hydrogens (tertiary/aromatic N) is 1. The van der Waals surface area contributed by atoms with E-state index in [2.05, 4.69) is 0 Å². The van der Waals surface area contributed by atoms with E-state index < -0.39 is 26.6 Å². The topological polar surface area (TPSA) is 50.5 Å². The van der Waals surface area contributed by atoms with Gasteiger partial charge in [-0.05, 0) is 36.1 Å². The molecule has 3 rings (SSSR count). The summed E-state index contributed by atoms with van der Waals surface area (Å²) >= 11 is 1.52. The first-order chi connectivity index (χ1) is 12.0. The molecule has 0 fully saturated rings. The summed E-state index contributed by atoms with van der Waals surface area (Å²) in [5, 5.41) is 1.91. The van der Waals surface area contributed by atoms with Crippen molar-refractivity contribution in [3.8, 4) is 0 Å². The minimum absolute atomic E-state index is 0.0427. The van der Waals surface area contributed by atoms with Gasteiger partial charge in [0.1, 0.15) is 16.5 Å². The molecule has 0 spiro atoms. The quantitative estimate of drug-likeness (QED) is 0.618. The first kappa shape index (κ1) is 17.8. The normalized spacial score (nSPS) is 12.0. The summed E-state index contributed by atoms with van der Waals surface area (Å²) in [6, 6.07) is 7.90. The maximum atomic E-state index is 14.0. The van der Waals surface area contributed by atoms with Gasteiger partial charge in [-0.15, -0.1) is 11.3 Å². The molecule has 0 bridgehead atoms. The van der Waals surface area contributed by atoms with Gasteiger partial charge in [0.15, 0.2) is 0 Å². The zero-order chi connectivity index (χ0) is 17.9. The summed E-state index contributed by atoms with van der Waals surface area (Å²) in [6.07, 6.45) is 3.38. The molecule has 25 heavy (non-hydrogen) atoms. The van der Waals surface area contributed by atoms with Crippen molar-refractivity contribution in [3.05, 3.63) is 76.4 Å². The lowest BCUT2D eigenvalue weighted by Gasteiger charge is -2.21. The number of thiophene rings is 1. The van der Waals surface area contributed by atoms with E-state index in [-0.39, 0.29) is 13.1 Å². The van der Waals surface area contributed by atoms with Crippen LogP contribution in [0.2, 0.25) is 0 Å². The second-order valence-electron chi connectivity index (χ2n) is 5.37. The largest absolute Gasteiger partial charge is 0.472 e. The minimum atomic E-state index is -4.12. The van der Waals surface area contributed by atoms with Gasteiger partial charge in [-0.3, -0.25) is 0 Å². The summed E-state index contributed by atoms with van der Waals surface area (Å²) in [5.74, 6) is -1.93. The van der Waals surface area contributed by atoms with Gasteiger partial charge in [-0.2, -0.15) is 4.31 Å². The average molecular weight is 383 g/mol. The molecule has 0 N–H and O–H groups in total. The summed E-state index contributed by atoms with van der Waals surface area (Å²) in [5.41, 5.74) is 0.650. The van der Waals surface area contributed by atoms with E-state index in [1.54, 1.807) is 6.07 Å². The van der Waals surface area contributed by atoms with Gasteiger partial charge in [0.05, 0.1) is 12.5 Å². The van der Waals surface area contributed by atoms with E-state index >= 15 is 0 Å². The number of furan rings is 1. The number of benzene rings is 1. The second-order valence-corrected chi connectivity index (χ2v) is 8.31. The van der Waals surface area contributed by atoms with Crippen molar-refractivity contribution in [1.29, 1.82) is 0 Å². The molecule has 8 heteroatoms. The first-order valence-corrected chi connectivity index (χ1v) is 9.77. The van der Waals surface area contributed by atoms with E-state index in [0.717, 1.165) is 17.0 Å². The molecule has 0 aliphatic rings. The van der Waals surface area contributed by atoms with Crippen LogP contribution in [0.4, 0.5) is 8.78 Å². The van der Waals surface area contributed by atoms with E-state index in [1.165, 1.54) is 28.2 Å². The molecule has 3 aromatic rings. The van der Waals surface area contributed by atoms with E-state index in [4.69, 9.17) is 4.42 Å². The van der Waals surface area contributed by atoms with Gasteiger partial charge in [-0.25, -0.2) is 17.2 Å². The van der Waals surface area contributed by atoms with Crippen molar-refractivity contribution in [2.24, 2.45) is 0 Å². The first-order valence-electron chi connectivity index (χ1n) is 7.45. The number of hydrogen-bond donors (Lipinski definition) is 0. The lowest BCUT2D eigenvalue weighted by atomic mass is 10.3. The smallest absolute Gasteiger partial charge is 0.246 e. The highest BCUT2D eigenvalue weighted by Crippen LogP contribution is 2.23. The van der Waals surface area contributed by atoms with Gasteiger partial charge >= 0.3 is 0 Å². The van der Waals surface area contributed by atoms with Crippen LogP contribution < -0.4 is 0 Å². The molecule has 0 saturated heterocycles. The number of rotatable bonds is 7. The van der Waals surface area contributed by atoms with Crippen LogP contribution in [-0.4, -0.2) is 19.3 Å². The fourth-order valence-corrected chi connectivity index (χ4v) is 4.56. The standard InChI is InChI=1S/C17H15F2NO3S2/c18-14-3-4-17(16(19)10-14)25(21,22)20(11-13-6-8-23-12-13)7-5-15-2-1-9-24-15/h1-4,6,8-10,12H,5,7,11H2. The van der Waals surface area contributed by atoms with Gasteiger partial charge < -0.3 is 4.42 Å². The predicted octanol–water partition coefficient (Wildman–Crippen LogP) is 4.05. The van der Waals surface area contributed by atoms with Crippen molar-refractivity contribution < 1.29 is 21.6 Å². The zero-order valence-electron chi connectivity index (χ0n) is 13.1. The third kappa shape index (κ3) is 4.15. The third-order valence-corrected chi connectivity index (χ3v) is 6.45. The van der Waals surface area contributed by atoms with Crippen LogP contribution in [0.1, 0.15) is 10.4 Å². The summed E-state index contributed by atoms with van der Waals surface area (Å²) < 4.78 is 59.1. The van der Waals surface area contributed by atoms with Gasteiger partial charge in [0.2, 0.25) is 10.0 Å². The monoisotopic (exact) mass is 383 g/mol. The zero-order valence-corrected chi connectivity index (χ0v) is 14.7. The highest BCUT2D eigenvalue weighted by atomic mass is 32.2. The van der Waals surface area contributed by atoms with Gasteiger partial charge in [0.25, 0.3) is 0 Å². The van der Waals surface area contributed by atoms with E-state index in [0.29, 0.717) is 18.1 Å². The lowest BCUT2D eigenvalue weighted by Crippen LogP contribution is -2.33. The fraction of sp³-hybridized carbons (Fsp3) is 0.176. The Morgan fingerprint density at radius 1 is 1.16 bits per heavy atom. The van der Waals surface area contributed by atoms with Crippen LogP contribution in [0.5, 0.6) is 0 Å². The Kier molecular flexibility index (Phi) is 5.31. The average Bonchev–Trinajstić information content (AvgIpc) is 3.24. The SMILES string of the molecule is O=S(=O)(c1ccc(F)cc1F)N(CCc1cccs1)Cc1ccoc1. The van der Waals surface area contributed by atoms with Crippen molar-refractivity contribution in [3.63, 3.8) is 0 Å². The van der Waals surface area contributed by atoms with E-state index in [9.17, 15) is 17.2 Å². The predicted molar refractivity (Wildman–Crippen MR) is 90.7 cm³/mol. The van der Waals surface area contributed by atoms with Crippen molar-refractivity contribution >= 4 is 21.4 Å². The Bertz CT molecular complexity index is 923. The summed E-state index contributed by atoms with van der Waals surface area (Å²) in [4.78, 5) is 0.482. The molecule has 2 heterocycles. The number of sulfonamides is 1. The molecule has 1 aromatic carbocycles. The summed E-state index contributed by atoms with van der Waals surface area (Å²) in [6.45, 7) is 0.214. The molecule has 0 aliphatic carbocycles. The molecule has 0 aliphatic heterocycles. The second kappa shape index (κ2) is 7.47. The highest BCUT2D eigenvalue weighted by Gasteiger charge is 2.28. The van der Waals surface area contributed by atoms with Crippen molar-refractivity contribution in [2.45, 2.75) is 17.9 Å². The number of halogens is 2. The summed E-state index contributed by atoms with van der Waals surface area (Å²) in [7, 11) is -4.12. The Balaban J connectivity index is 1.90. The molecule has 2 aromatic heterocycles. The van der Waals surface area contributed by atoms with Crippen molar-refractivity contribution in [1.82, 2.24) is 4.31 Å². The molecule has 132 valence electrons. The molecule has 0 saturated carbocycles. The maximum absolute atomic E-state index is 14.0. The highest BCUT2D eigenvalue weighted by molar-refractivity contribution is 7.89. The molecule has 0 unspecified atom stereocenters. The van der Waals surface area contributed by atoms with Gasteiger partial charge in [-0.1, -0.05) is 6.07 Å². The molecular formula is C17H15F2NO3S2. The Hall–Kier alpha value is -2.03. The van der Waals surface area contributed by atoms with Gasteiger partial charge in [0, 0.05) is 29.6 Å². The maximum Gasteiger partial charge on any atom is 0.246 e. The Morgan fingerprint density at radius 2 is 2.00 bits per heavy atom. The van der Waals surface area contributed by atoms with Crippen LogP contribution in [0.15, 0.2) is 63.6 Å². The molecular weight excluding hydrogens is 368 g/mol. The van der Waals surface area contributed by atoms with E-state index in [1.807, 2.05) is 17.5 Å². The minimum Gasteiger partial charge on any atom is -0.472 e. The molecule has 0 atom stereocenters. The van der Waals surface area contributed by atoms with Crippen LogP contribution in [0.25, 0.3) is 0 Å². The Labute approximate surface area is 148 Å². The molecule has 0 radical (unpaired) electrons. The lowest BCUT2D eigenvalue weighted by molar-refractivity contribution is 0.404. The third-order valence-electron chi connectivity index (χ3n) is 3.64. The molecule has 4 nitrogen and oxygen atoms in total. The van der Waals surface area contributed by atoms with Crippen LogP contribution in [-0.2, 0) is 23.0 Å². The van der Waals surface area contributed by atoms with Crippen LogP contribution in [0.3, 0.4) is 0 Å². The van der Waals surface area contributed by atoms with Crippen LogP contribution in [0, 0.1) is 11.6 Å². The fourth-order valence-electron chi connectivity index (χ4n) is 2.38. The number of hydrogen-bond acceptors (Lipinski definition) is 4. The molecule has 0 amide bonds.